The topological polar surface area (TPSA) is 45.0 Å². The van der Waals surface area contributed by atoms with Crippen molar-refractivity contribution in [2.75, 3.05) is 0 Å². The summed E-state index contributed by atoms with van der Waals surface area (Å²) in [4.78, 5) is 0. The Morgan fingerprint density at radius 2 is 1.67 bits per heavy atom. The first-order valence-corrected chi connectivity index (χ1v) is 8.38. The van der Waals surface area contributed by atoms with E-state index in [0.717, 1.165) is 22.9 Å². The molecule has 0 saturated heterocycles. The van der Waals surface area contributed by atoms with Gasteiger partial charge in [0.05, 0.1) is 5.69 Å². The second kappa shape index (κ2) is 7.26. The average molecular weight is 318 g/mol. The van der Waals surface area contributed by atoms with E-state index in [1.54, 1.807) is 6.07 Å². The van der Waals surface area contributed by atoms with Gasteiger partial charge in [-0.1, -0.05) is 62.7 Å². The number of azo groups is 1. The SMILES string of the molecule is CCC(C)Cc1ccc(N=Nc2c(O)ccc3ccccc23)cc1. The van der Waals surface area contributed by atoms with Crippen LogP contribution in [0.2, 0.25) is 0 Å². The maximum absolute atomic E-state index is 10.1. The smallest absolute Gasteiger partial charge is 0.143 e. The van der Waals surface area contributed by atoms with Gasteiger partial charge in [-0.05, 0) is 41.5 Å². The molecule has 3 aromatic rings. The zero-order valence-electron chi connectivity index (χ0n) is 14.1. The first-order valence-electron chi connectivity index (χ1n) is 8.38. The molecule has 1 unspecified atom stereocenters. The lowest BCUT2D eigenvalue weighted by Gasteiger charge is -2.08. The molecule has 0 aliphatic rings. The first-order chi connectivity index (χ1) is 11.7. The summed E-state index contributed by atoms with van der Waals surface area (Å²) in [5.41, 5.74) is 2.61. The van der Waals surface area contributed by atoms with Crippen LogP contribution in [0.25, 0.3) is 10.8 Å². The number of phenols is 1. The van der Waals surface area contributed by atoms with Gasteiger partial charge in [-0.25, -0.2) is 0 Å². The second-order valence-corrected chi connectivity index (χ2v) is 6.24. The third kappa shape index (κ3) is 3.62. The van der Waals surface area contributed by atoms with E-state index < -0.39 is 0 Å². The van der Waals surface area contributed by atoms with Crippen LogP contribution in [0.5, 0.6) is 5.75 Å². The molecule has 0 amide bonds. The van der Waals surface area contributed by atoms with Crippen LogP contribution in [0.3, 0.4) is 0 Å². The van der Waals surface area contributed by atoms with Gasteiger partial charge in [0.1, 0.15) is 11.4 Å². The van der Waals surface area contributed by atoms with Gasteiger partial charge in [0, 0.05) is 5.39 Å². The highest BCUT2D eigenvalue weighted by Crippen LogP contribution is 2.35. The number of benzene rings is 3. The van der Waals surface area contributed by atoms with E-state index in [4.69, 9.17) is 0 Å². The molecule has 3 nitrogen and oxygen atoms in total. The van der Waals surface area contributed by atoms with E-state index in [0.29, 0.717) is 11.6 Å². The fourth-order valence-corrected chi connectivity index (χ4v) is 2.70. The van der Waals surface area contributed by atoms with Crippen LogP contribution in [0.15, 0.2) is 70.9 Å². The van der Waals surface area contributed by atoms with Gasteiger partial charge in [-0.2, -0.15) is 5.11 Å². The van der Waals surface area contributed by atoms with Crippen LogP contribution in [0.4, 0.5) is 11.4 Å². The Bertz CT molecular complexity index is 853. The van der Waals surface area contributed by atoms with Crippen molar-refractivity contribution in [3.63, 3.8) is 0 Å². The van der Waals surface area contributed by atoms with Crippen molar-refractivity contribution >= 4 is 22.1 Å². The molecule has 0 aliphatic heterocycles. The number of hydrogen-bond donors (Lipinski definition) is 1. The standard InChI is InChI=1S/C21H22N2O/c1-3-15(2)14-16-8-11-18(12-9-16)22-23-21-19-7-5-4-6-17(19)10-13-20(21)24/h4-13,15,24H,3,14H2,1-2H3. The summed E-state index contributed by atoms with van der Waals surface area (Å²) in [6.07, 6.45) is 2.26. The van der Waals surface area contributed by atoms with Crippen LogP contribution >= 0.6 is 0 Å². The number of nitrogens with zero attached hydrogens (tertiary/aromatic N) is 2. The molecule has 1 atom stereocenters. The van der Waals surface area contributed by atoms with Gasteiger partial charge < -0.3 is 5.11 Å². The number of aromatic hydroxyl groups is 1. The van der Waals surface area contributed by atoms with Crippen LogP contribution in [0, 0.1) is 5.92 Å². The highest BCUT2D eigenvalue weighted by molar-refractivity contribution is 5.95. The first kappa shape index (κ1) is 16.2. The van der Waals surface area contributed by atoms with Gasteiger partial charge >= 0.3 is 0 Å². The Labute approximate surface area is 142 Å². The maximum atomic E-state index is 10.1. The van der Waals surface area contributed by atoms with E-state index in [1.165, 1.54) is 12.0 Å². The van der Waals surface area contributed by atoms with Crippen molar-refractivity contribution in [2.24, 2.45) is 16.1 Å². The van der Waals surface area contributed by atoms with E-state index >= 15 is 0 Å². The number of hydrogen-bond acceptors (Lipinski definition) is 3. The van der Waals surface area contributed by atoms with Gasteiger partial charge in [0.25, 0.3) is 0 Å². The highest BCUT2D eigenvalue weighted by Gasteiger charge is 2.06. The van der Waals surface area contributed by atoms with Crippen LogP contribution in [0.1, 0.15) is 25.8 Å². The quantitative estimate of drug-likeness (QED) is 0.533. The molecule has 0 aliphatic carbocycles. The molecule has 0 heterocycles. The minimum Gasteiger partial charge on any atom is -0.506 e. The predicted molar refractivity (Wildman–Crippen MR) is 99.4 cm³/mol. The lowest BCUT2D eigenvalue weighted by molar-refractivity contribution is 0.477. The molecular formula is C21H22N2O. The molecule has 3 aromatic carbocycles. The maximum Gasteiger partial charge on any atom is 0.143 e. The Morgan fingerprint density at radius 1 is 0.917 bits per heavy atom. The largest absolute Gasteiger partial charge is 0.506 e. The number of fused-ring (bicyclic) bond motifs is 1. The van der Waals surface area contributed by atoms with Crippen LogP contribution in [-0.4, -0.2) is 5.11 Å². The third-order valence-electron chi connectivity index (χ3n) is 4.36. The summed E-state index contributed by atoms with van der Waals surface area (Å²) in [6.45, 7) is 4.47. The van der Waals surface area contributed by atoms with Gasteiger partial charge in [-0.3, -0.25) is 0 Å². The Morgan fingerprint density at radius 3 is 2.42 bits per heavy atom. The number of rotatable bonds is 5. The van der Waals surface area contributed by atoms with E-state index in [2.05, 4.69) is 36.2 Å². The zero-order valence-corrected chi connectivity index (χ0v) is 14.1. The fourth-order valence-electron chi connectivity index (χ4n) is 2.70. The molecule has 0 aromatic heterocycles. The van der Waals surface area contributed by atoms with Crippen LogP contribution in [-0.2, 0) is 6.42 Å². The Balaban J connectivity index is 1.85. The molecule has 1 N–H and O–H groups in total. The molecule has 122 valence electrons. The fraction of sp³-hybridized carbons (Fsp3) is 0.238. The van der Waals surface area contributed by atoms with E-state index in [-0.39, 0.29) is 5.75 Å². The van der Waals surface area contributed by atoms with Gasteiger partial charge in [-0.15, -0.1) is 5.11 Å². The minimum atomic E-state index is 0.144. The normalized spacial score (nSPS) is 12.8. The van der Waals surface area contributed by atoms with Crippen molar-refractivity contribution < 1.29 is 5.11 Å². The highest BCUT2D eigenvalue weighted by atomic mass is 16.3. The summed E-state index contributed by atoms with van der Waals surface area (Å²) in [5, 5.41) is 20.6. The second-order valence-electron chi connectivity index (χ2n) is 6.24. The van der Waals surface area contributed by atoms with E-state index in [9.17, 15) is 5.11 Å². The molecule has 0 bridgehead atoms. The molecular weight excluding hydrogens is 296 g/mol. The van der Waals surface area contributed by atoms with Crippen molar-refractivity contribution in [1.29, 1.82) is 0 Å². The van der Waals surface area contributed by atoms with Crippen molar-refractivity contribution in [1.82, 2.24) is 0 Å². The molecule has 0 fully saturated rings. The van der Waals surface area contributed by atoms with Gasteiger partial charge in [0.2, 0.25) is 0 Å². The predicted octanol–water partition coefficient (Wildman–Crippen LogP) is 6.55. The molecule has 24 heavy (non-hydrogen) atoms. The summed E-state index contributed by atoms with van der Waals surface area (Å²) < 4.78 is 0. The van der Waals surface area contributed by atoms with E-state index in [1.807, 2.05) is 42.5 Å². The Hall–Kier alpha value is -2.68. The van der Waals surface area contributed by atoms with Crippen LogP contribution < -0.4 is 0 Å². The molecule has 0 spiro atoms. The zero-order chi connectivity index (χ0) is 16.9. The van der Waals surface area contributed by atoms with Crippen molar-refractivity contribution in [3.8, 4) is 5.75 Å². The average Bonchev–Trinajstić information content (AvgIpc) is 2.62. The lowest BCUT2D eigenvalue weighted by Crippen LogP contribution is -1.96. The van der Waals surface area contributed by atoms with Gasteiger partial charge in [0.15, 0.2) is 0 Å². The molecule has 0 saturated carbocycles. The third-order valence-corrected chi connectivity index (χ3v) is 4.36. The lowest BCUT2D eigenvalue weighted by atomic mass is 9.99. The summed E-state index contributed by atoms with van der Waals surface area (Å²) >= 11 is 0. The summed E-state index contributed by atoms with van der Waals surface area (Å²) in [7, 11) is 0. The monoisotopic (exact) mass is 318 g/mol. The molecule has 0 radical (unpaired) electrons. The summed E-state index contributed by atoms with van der Waals surface area (Å²) in [6, 6.07) is 19.5. The number of phenolic OH excluding ortho intramolecular Hbond substituents is 1. The Kier molecular flexibility index (Phi) is 4.90. The van der Waals surface area contributed by atoms with Crippen molar-refractivity contribution in [3.05, 3.63) is 66.2 Å². The van der Waals surface area contributed by atoms with Crippen molar-refractivity contribution in [2.45, 2.75) is 26.7 Å². The minimum absolute atomic E-state index is 0.144. The molecule has 3 heteroatoms. The summed E-state index contributed by atoms with van der Waals surface area (Å²) in [5.74, 6) is 0.830. The molecule has 3 rings (SSSR count).